The molecule has 0 heterocycles. The fraction of sp³-hybridized carbons (Fsp3) is 0.0667. The Bertz CT molecular complexity index is 712. The molecule has 0 unspecified atom stereocenters. The van der Waals surface area contributed by atoms with Gasteiger partial charge in [0, 0.05) is 17.8 Å². The average molecular weight is 304 g/mol. The smallest absolute Gasteiger partial charge is 0.319 e. The topological polar surface area (TPSA) is 64.9 Å². The van der Waals surface area contributed by atoms with E-state index in [-0.39, 0.29) is 17.4 Å². The zero-order chi connectivity index (χ0) is 15.2. The molecule has 0 aliphatic rings. The second-order valence-corrected chi connectivity index (χ2v) is 4.61. The Balaban J connectivity index is 1.95. The van der Waals surface area contributed by atoms with E-state index in [1.165, 1.54) is 18.2 Å². The quantitative estimate of drug-likeness (QED) is 0.908. The van der Waals surface area contributed by atoms with Crippen molar-refractivity contribution in [1.29, 1.82) is 5.26 Å². The number of nitriles is 1. The summed E-state index contributed by atoms with van der Waals surface area (Å²) in [6.45, 7) is 0.0719. The minimum absolute atomic E-state index is 0.0719. The fourth-order valence-electron chi connectivity index (χ4n) is 1.68. The van der Waals surface area contributed by atoms with Crippen LogP contribution in [0.1, 0.15) is 11.1 Å². The third-order valence-corrected chi connectivity index (χ3v) is 3.06. The molecule has 0 fully saturated rings. The lowest BCUT2D eigenvalue weighted by Gasteiger charge is -2.09. The lowest BCUT2D eigenvalue weighted by atomic mass is 10.2. The molecule has 0 aliphatic heterocycles. The highest BCUT2D eigenvalue weighted by Crippen LogP contribution is 2.20. The van der Waals surface area contributed by atoms with E-state index in [1.807, 2.05) is 6.07 Å². The van der Waals surface area contributed by atoms with Gasteiger partial charge in [0.05, 0.1) is 10.6 Å². The van der Waals surface area contributed by atoms with Gasteiger partial charge < -0.3 is 10.6 Å². The Morgan fingerprint density at radius 3 is 2.71 bits per heavy atom. The van der Waals surface area contributed by atoms with Crippen molar-refractivity contribution in [3.63, 3.8) is 0 Å². The Morgan fingerprint density at radius 2 is 2.05 bits per heavy atom. The Morgan fingerprint density at radius 1 is 1.29 bits per heavy atom. The molecule has 0 spiro atoms. The van der Waals surface area contributed by atoms with Gasteiger partial charge in [-0.25, -0.2) is 9.18 Å². The van der Waals surface area contributed by atoms with Gasteiger partial charge in [-0.3, -0.25) is 0 Å². The van der Waals surface area contributed by atoms with E-state index in [2.05, 4.69) is 10.6 Å². The normalized spacial score (nSPS) is 9.76. The molecule has 0 atom stereocenters. The minimum atomic E-state index is -0.487. The predicted molar refractivity (Wildman–Crippen MR) is 78.4 cm³/mol. The molecule has 0 saturated carbocycles. The third-order valence-electron chi connectivity index (χ3n) is 2.74. The van der Waals surface area contributed by atoms with Crippen molar-refractivity contribution in [2.75, 3.05) is 5.32 Å². The highest BCUT2D eigenvalue weighted by atomic mass is 35.5. The number of benzene rings is 2. The standard InChI is InChI=1S/C15H11ClFN3O/c16-13-7-12(6-5-10(13)8-18)20-15(21)19-9-11-3-1-2-4-14(11)17/h1-7H,9H2,(H2,19,20,21). The molecular formula is C15H11ClFN3O. The molecule has 0 bridgehead atoms. The van der Waals surface area contributed by atoms with E-state index in [0.717, 1.165) is 0 Å². The van der Waals surface area contributed by atoms with Crippen LogP contribution < -0.4 is 10.6 Å². The molecule has 2 aromatic carbocycles. The SMILES string of the molecule is N#Cc1ccc(NC(=O)NCc2ccccc2F)cc1Cl. The van der Waals surface area contributed by atoms with E-state index in [0.29, 0.717) is 16.8 Å². The van der Waals surface area contributed by atoms with Gasteiger partial charge in [-0.1, -0.05) is 29.8 Å². The van der Waals surface area contributed by atoms with Gasteiger partial charge in [-0.05, 0) is 24.3 Å². The number of halogens is 2. The molecule has 4 nitrogen and oxygen atoms in total. The molecule has 0 radical (unpaired) electrons. The molecule has 2 rings (SSSR count). The number of nitrogens with zero attached hydrogens (tertiary/aromatic N) is 1. The van der Waals surface area contributed by atoms with Crippen LogP contribution >= 0.6 is 11.6 Å². The van der Waals surface area contributed by atoms with Gasteiger partial charge >= 0.3 is 6.03 Å². The van der Waals surface area contributed by atoms with Crippen LogP contribution in [0.3, 0.4) is 0 Å². The molecule has 106 valence electrons. The molecule has 21 heavy (non-hydrogen) atoms. The molecule has 0 aliphatic carbocycles. The van der Waals surface area contributed by atoms with E-state index in [1.54, 1.807) is 24.3 Å². The monoisotopic (exact) mass is 303 g/mol. The van der Waals surface area contributed by atoms with Crippen molar-refractivity contribution in [2.45, 2.75) is 6.54 Å². The van der Waals surface area contributed by atoms with E-state index in [9.17, 15) is 9.18 Å². The van der Waals surface area contributed by atoms with Crippen LogP contribution in [0, 0.1) is 17.1 Å². The van der Waals surface area contributed by atoms with Crippen molar-refractivity contribution in [2.24, 2.45) is 0 Å². The maximum atomic E-state index is 13.4. The van der Waals surface area contributed by atoms with Gasteiger partial charge in [0.25, 0.3) is 0 Å². The number of hydrogen-bond acceptors (Lipinski definition) is 2. The molecule has 2 amide bonds. The summed E-state index contributed by atoms with van der Waals surface area (Å²) in [6, 6.07) is 12.2. The number of urea groups is 1. The molecule has 6 heteroatoms. The van der Waals surface area contributed by atoms with E-state index in [4.69, 9.17) is 16.9 Å². The van der Waals surface area contributed by atoms with Crippen molar-refractivity contribution >= 4 is 23.3 Å². The first-order valence-electron chi connectivity index (χ1n) is 6.08. The van der Waals surface area contributed by atoms with Crippen molar-refractivity contribution in [1.82, 2.24) is 5.32 Å². The maximum absolute atomic E-state index is 13.4. The van der Waals surface area contributed by atoms with Gasteiger partial charge in [0.2, 0.25) is 0 Å². The fourth-order valence-corrected chi connectivity index (χ4v) is 1.90. The summed E-state index contributed by atoms with van der Waals surface area (Å²) >= 11 is 5.86. The Hall–Kier alpha value is -2.58. The number of carbonyl (C=O) groups is 1. The number of amides is 2. The lowest BCUT2D eigenvalue weighted by molar-refractivity contribution is 0.251. The summed E-state index contributed by atoms with van der Waals surface area (Å²) in [4.78, 5) is 11.7. The molecule has 2 aromatic rings. The van der Waals surface area contributed by atoms with E-state index >= 15 is 0 Å². The van der Waals surface area contributed by atoms with Crippen molar-refractivity contribution in [3.8, 4) is 6.07 Å². The minimum Gasteiger partial charge on any atom is -0.334 e. The first-order valence-corrected chi connectivity index (χ1v) is 6.46. The van der Waals surface area contributed by atoms with Crippen LogP contribution in [-0.2, 0) is 6.54 Å². The zero-order valence-electron chi connectivity index (χ0n) is 10.9. The van der Waals surface area contributed by atoms with Crippen LogP contribution in [-0.4, -0.2) is 6.03 Å². The number of hydrogen-bond donors (Lipinski definition) is 2. The average Bonchev–Trinajstić information content (AvgIpc) is 2.46. The summed E-state index contributed by atoms with van der Waals surface area (Å²) < 4.78 is 13.4. The summed E-state index contributed by atoms with van der Waals surface area (Å²) in [6.07, 6.45) is 0. The van der Waals surface area contributed by atoms with Gasteiger partial charge in [-0.15, -0.1) is 0 Å². The zero-order valence-corrected chi connectivity index (χ0v) is 11.6. The van der Waals surface area contributed by atoms with Gasteiger partial charge in [-0.2, -0.15) is 5.26 Å². The number of nitrogens with one attached hydrogen (secondary N) is 2. The van der Waals surface area contributed by atoms with Crippen LogP contribution in [0.5, 0.6) is 0 Å². The summed E-state index contributed by atoms with van der Waals surface area (Å²) in [5.41, 5.74) is 1.17. The second kappa shape index (κ2) is 6.73. The van der Waals surface area contributed by atoms with Crippen molar-refractivity contribution in [3.05, 3.63) is 64.4 Å². The summed E-state index contributed by atoms with van der Waals surface area (Å²) in [5.74, 6) is -0.376. The van der Waals surface area contributed by atoms with Crippen LogP contribution in [0.25, 0.3) is 0 Å². The molecule has 0 saturated heterocycles. The molecular weight excluding hydrogens is 293 g/mol. The van der Waals surface area contributed by atoms with Gasteiger partial charge in [0.15, 0.2) is 0 Å². The third kappa shape index (κ3) is 3.94. The number of anilines is 1. The van der Waals surface area contributed by atoms with Crippen LogP contribution in [0.15, 0.2) is 42.5 Å². The van der Waals surface area contributed by atoms with E-state index < -0.39 is 6.03 Å². The highest BCUT2D eigenvalue weighted by molar-refractivity contribution is 6.32. The number of carbonyl (C=O) groups excluding carboxylic acids is 1. The lowest BCUT2D eigenvalue weighted by Crippen LogP contribution is -2.28. The summed E-state index contributed by atoms with van der Waals surface area (Å²) in [5, 5.41) is 14.1. The Labute approximate surface area is 126 Å². The maximum Gasteiger partial charge on any atom is 0.319 e. The highest BCUT2D eigenvalue weighted by Gasteiger charge is 2.06. The predicted octanol–water partition coefficient (Wildman–Crippen LogP) is 3.67. The Kier molecular flexibility index (Phi) is 4.75. The number of rotatable bonds is 3. The van der Waals surface area contributed by atoms with Gasteiger partial charge in [0.1, 0.15) is 11.9 Å². The first-order chi connectivity index (χ1) is 10.1. The molecule has 2 N–H and O–H groups in total. The largest absolute Gasteiger partial charge is 0.334 e. The van der Waals surface area contributed by atoms with Crippen LogP contribution in [0.2, 0.25) is 5.02 Å². The first kappa shape index (κ1) is 14.8. The second-order valence-electron chi connectivity index (χ2n) is 4.21. The molecule has 0 aromatic heterocycles. The van der Waals surface area contributed by atoms with Crippen molar-refractivity contribution < 1.29 is 9.18 Å². The summed E-state index contributed by atoms with van der Waals surface area (Å²) in [7, 11) is 0. The van der Waals surface area contributed by atoms with Crippen LogP contribution in [0.4, 0.5) is 14.9 Å².